The van der Waals surface area contributed by atoms with Crippen molar-refractivity contribution in [2.45, 2.75) is 39.4 Å². The van der Waals surface area contributed by atoms with E-state index in [2.05, 4.69) is 15.3 Å². The van der Waals surface area contributed by atoms with Crippen LogP contribution in [0.25, 0.3) is 0 Å². The third kappa shape index (κ3) is 5.69. The van der Waals surface area contributed by atoms with Crippen molar-refractivity contribution in [1.82, 2.24) is 9.97 Å². The van der Waals surface area contributed by atoms with Gasteiger partial charge in [-0.2, -0.15) is 0 Å². The van der Waals surface area contributed by atoms with E-state index in [1.54, 1.807) is 45.9 Å². The fourth-order valence-corrected chi connectivity index (χ4v) is 1.95. The number of carbonyl (C=O) groups excluding carboxylic acids is 1. The summed E-state index contributed by atoms with van der Waals surface area (Å²) < 4.78 is 10.8. The molecule has 0 aliphatic rings. The third-order valence-electron chi connectivity index (χ3n) is 3.05. The van der Waals surface area contributed by atoms with Crippen LogP contribution in [-0.2, 0) is 4.74 Å². The van der Waals surface area contributed by atoms with Gasteiger partial charge in [0, 0.05) is 12.1 Å². The summed E-state index contributed by atoms with van der Waals surface area (Å²) in [5.74, 6) is 0.555. The molecule has 1 amide bonds. The first kappa shape index (κ1) is 19.1. The summed E-state index contributed by atoms with van der Waals surface area (Å²) in [6.07, 6.45) is 0.0350. The van der Waals surface area contributed by atoms with Crippen molar-refractivity contribution in [2.24, 2.45) is 0 Å². The lowest BCUT2D eigenvalue weighted by Crippen LogP contribution is -2.27. The van der Waals surface area contributed by atoms with Crippen molar-refractivity contribution in [3.05, 3.63) is 52.3 Å². The summed E-state index contributed by atoms with van der Waals surface area (Å²) in [6.45, 7) is 7.05. The van der Waals surface area contributed by atoms with Crippen LogP contribution in [0.5, 0.6) is 5.88 Å². The number of pyridine rings is 2. The number of rotatable bonds is 5. The number of aromatic nitrogens is 2. The van der Waals surface area contributed by atoms with E-state index in [9.17, 15) is 14.9 Å². The Morgan fingerprint density at radius 2 is 2.00 bits per heavy atom. The molecule has 0 saturated heterocycles. The summed E-state index contributed by atoms with van der Waals surface area (Å²) >= 11 is 0. The Morgan fingerprint density at radius 1 is 1.27 bits per heavy atom. The maximum atomic E-state index is 11.8. The Balaban J connectivity index is 2.04. The van der Waals surface area contributed by atoms with Gasteiger partial charge in [-0.25, -0.2) is 14.8 Å². The van der Waals surface area contributed by atoms with Crippen LogP contribution >= 0.6 is 0 Å². The molecular formula is C17H20N4O5. The Kier molecular flexibility index (Phi) is 5.71. The number of carbonyl (C=O) groups is 1. The average Bonchev–Trinajstić information content (AvgIpc) is 2.53. The smallest absolute Gasteiger partial charge is 0.413 e. The number of nitrogens with one attached hydrogen (secondary N) is 1. The highest BCUT2D eigenvalue weighted by atomic mass is 16.6. The largest absolute Gasteiger partial charge is 0.468 e. The fourth-order valence-electron chi connectivity index (χ4n) is 1.95. The van der Waals surface area contributed by atoms with Crippen molar-refractivity contribution in [3.63, 3.8) is 0 Å². The lowest BCUT2D eigenvalue weighted by molar-refractivity contribution is -0.385. The van der Waals surface area contributed by atoms with E-state index in [0.717, 1.165) is 6.20 Å². The molecule has 0 aromatic carbocycles. The number of nitro groups is 1. The first-order valence-electron chi connectivity index (χ1n) is 7.88. The average molecular weight is 360 g/mol. The van der Waals surface area contributed by atoms with E-state index in [0.29, 0.717) is 11.5 Å². The van der Waals surface area contributed by atoms with Crippen LogP contribution in [0.1, 0.15) is 39.5 Å². The first-order valence-corrected chi connectivity index (χ1v) is 7.88. The molecule has 0 radical (unpaired) electrons. The van der Waals surface area contributed by atoms with Gasteiger partial charge < -0.3 is 9.47 Å². The molecule has 2 heterocycles. The van der Waals surface area contributed by atoms with Gasteiger partial charge in [-0.05, 0) is 39.8 Å². The molecule has 9 nitrogen and oxygen atoms in total. The van der Waals surface area contributed by atoms with Gasteiger partial charge in [0.25, 0.3) is 5.69 Å². The molecule has 1 unspecified atom stereocenters. The topological polar surface area (TPSA) is 116 Å². The van der Waals surface area contributed by atoms with E-state index in [4.69, 9.17) is 9.47 Å². The summed E-state index contributed by atoms with van der Waals surface area (Å²) in [5, 5.41) is 13.2. The highest BCUT2D eigenvalue weighted by molar-refractivity contribution is 5.83. The zero-order chi connectivity index (χ0) is 19.3. The van der Waals surface area contributed by atoms with E-state index in [-0.39, 0.29) is 11.6 Å². The lowest BCUT2D eigenvalue weighted by atomic mass is 10.2. The maximum Gasteiger partial charge on any atom is 0.413 e. The Morgan fingerprint density at radius 3 is 2.58 bits per heavy atom. The molecular weight excluding hydrogens is 340 g/mol. The van der Waals surface area contributed by atoms with Crippen LogP contribution in [0.15, 0.2) is 36.5 Å². The van der Waals surface area contributed by atoms with Crippen LogP contribution in [0.2, 0.25) is 0 Å². The van der Waals surface area contributed by atoms with Gasteiger partial charge in [-0.15, -0.1) is 0 Å². The molecule has 138 valence electrons. The van der Waals surface area contributed by atoms with Gasteiger partial charge in [0.2, 0.25) is 5.88 Å². The highest BCUT2D eigenvalue weighted by Crippen LogP contribution is 2.21. The van der Waals surface area contributed by atoms with Crippen molar-refractivity contribution >= 4 is 17.6 Å². The molecule has 2 rings (SSSR count). The minimum absolute atomic E-state index is 0.119. The second-order valence-corrected chi connectivity index (χ2v) is 6.45. The van der Waals surface area contributed by atoms with Crippen LogP contribution in [-0.4, -0.2) is 26.6 Å². The number of anilines is 1. The summed E-state index contributed by atoms with van der Waals surface area (Å²) in [7, 11) is 0. The van der Waals surface area contributed by atoms with Crippen LogP contribution in [0.4, 0.5) is 16.3 Å². The summed E-state index contributed by atoms with van der Waals surface area (Å²) in [5.41, 5.74) is -0.176. The summed E-state index contributed by atoms with van der Waals surface area (Å²) in [6, 6.07) is 7.80. The second kappa shape index (κ2) is 7.77. The van der Waals surface area contributed by atoms with Gasteiger partial charge in [-0.1, -0.05) is 6.07 Å². The Hall–Kier alpha value is -3.23. The van der Waals surface area contributed by atoms with Crippen LogP contribution in [0, 0.1) is 10.1 Å². The quantitative estimate of drug-likeness (QED) is 0.635. The number of nitrogens with zero attached hydrogens (tertiary/aromatic N) is 3. The molecule has 0 aliphatic carbocycles. The van der Waals surface area contributed by atoms with Gasteiger partial charge in [0.15, 0.2) is 0 Å². The van der Waals surface area contributed by atoms with Gasteiger partial charge in [0.1, 0.15) is 23.7 Å². The molecule has 0 bridgehead atoms. The zero-order valence-corrected chi connectivity index (χ0v) is 14.9. The first-order chi connectivity index (χ1) is 12.1. The van der Waals surface area contributed by atoms with E-state index in [1.165, 1.54) is 12.1 Å². The van der Waals surface area contributed by atoms with Gasteiger partial charge >= 0.3 is 6.09 Å². The monoisotopic (exact) mass is 360 g/mol. The Labute approximate surface area is 150 Å². The maximum absolute atomic E-state index is 11.8. The third-order valence-corrected chi connectivity index (χ3v) is 3.05. The van der Waals surface area contributed by atoms with Crippen LogP contribution in [0.3, 0.4) is 0 Å². The molecule has 0 saturated carbocycles. The zero-order valence-electron chi connectivity index (χ0n) is 14.9. The molecule has 0 aliphatic heterocycles. The van der Waals surface area contributed by atoms with Gasteiger partial charge in [0.05, 0.1) is 10.6 Å². The van der Waals surface area contributed by atoms with E-state index >= 15 is 0 Å². The minimum Gasteiger partial charge on any atom is -0.468 e. The van der Waals surface area contributed by atoms with Crippen LogP contribution < -0.4 is 10.1 Å². The number of amides is 1. The lowest BCUT2D eigenvalue weighted by Gasteiger charge is -2.20. The normalized spacial score (nSPS) is 12.2. The predicted octanol–water partition coefficient (Wildman–Crippen LogP) is 3.87. The fraction of sp³-hybridized carbons (Fsp3) is 0.353. The van der Waals surface area contributed by atoms with Crippen molar-refractivity contribution in [3.8, 4) is 5.88 Å². The standard InChI is InChI=1S/C17H20N4O5/c1-11(25-15-9-8-12(10-18-15)21(23)24)13-6-5-7-14(19-13)20-16(22)26-17(2,3)4/h5-11H,1-4H3,(H,19,20,22). The number of ether oxygens (including phenoxy) is 2. The van der Waals surface area contributed by atoms with Crippen molar-refractivity contribution < 1.29 is 19.2 Å². The molecule has 2 aromatic rings. The molecule has 1 N–H and O–H groups in total. The number of hydrogen-bond donors (Lipinski definition) is 1. The molecule has 9 heteroatoms. The van der Waals surface area contributed by atoms with Crippen molar-refractivity contribution in [1.29, 1.82) is 0 Å². The second-order valence-electron chi connectivity index (χ2n) is 6.45. The molecule has 0 fully saturated rings. The van der Waals surface area contributed by atoms with E-state index < -0.39 is 22.7 Å². The Bertz CT molecular complexity index is 786. The molecule has 1 atom stereocenters. The predicted molar refractivity (Wildman–Crippen MR) is 94.0 cm³/mol. The SMILES string of the molecule is CC(Oc1ccc([N+](=O)[O-])cn1)c1cccc(NC(=O)OC(C)(C)C)n1. The minimum atomic E-state index is -0.611. The summed E-state index contributed by atoms with van der Waals surface area (Å²) in [4.78, 5) is 30.1. The van der Waals surface area contributed by atoms with E-state index in [1.807, 2.05) is 0 Å². The molecule has 26 heavy (non-hydrogen) atoms. The van der Waals surface area contributed by atoms with Gasteiger partial charge in [-0.3, -0.25) is 15.4 Å². The van der Waals surface area contributed by atoms with Crippen molar-refractivity contribution in [2.75, 3.05) is 5.32 Å². The molecule has 0 spiro atoms. The number of hydrogen-bond acceptors (Lipinski definition) is 7. The highest BCUT2D eigenvalue weighted by Gasteiger charge is 2.17. The molecule has 2 aromatic heterocycles.